The average Bonchev–Trinajstić information content (AvgIpc) is 2.54. The fourth-order valence-electron chi connectivity index (χ4n) is 2.15. The number of aromatic nitrogens is 1. The van der Waals surface area contributed by atoms with E-state index in [1.807, 2.05) is 6.92 Å². The lowest BCUT2D eigenvalue weighted by Gasteiger charge is -2.15. The normalized spacial score (nSPS) is 18.1. The molecule has 1 aliphatic rings. The van der Waals surface area contributed by atoms with E-state index in [0.717, 1.165) is 22.7 Å². The Morgan fingerprint density at radius 3 is 2.62 bits per heavy atom. The van der Waals surface area contributed by atoms with Crippen LogP contribution in [-0.4, -0.2) is 16.9 Å². The van der Waals surface area contributed by atoms with Crippen LogP contribution in [0.3, 0.4) is 0 Å². The van der Waals surface area contributed by atoms with Crippen molar-refractivity contribution in [3.8, 4) is 0 Å². The minimum atomic E-state index is 0.0532. The number of nitrogens with one attached hydrogen (secondary N) is 1. The summed E-state index contributed by atoms with van der Waals surface area (Å²) in [6, 6.07) is 0.373. The van der Waals surface area contributed by atoms with E-state index in [2.05, 4.69) is 10.3 Å². The Kier molecular flexibility index (Phi) is 3.93. The molecule has 0 bridgehead atoms. The first kappa shape index (κ1) is 11.6. The van der Waals surface area contributed by atoms with Crippen molar-refractivity contribution in [3.05, 3.63) is 16.1 Å². The van der Waals surface area contributed by atoms with Crippen LogP contribution in [0.15, 0.2) is 6.20 Å². The Hall–Kier alpha value is -0.900. The summed E-state index contributed by atoms with van der Waals surface area (Å²) in [5.41, 5.74) is 0. The molecule has 0 unspecified atom stereocenters. The van der Waals surface area contributed by atoms with Crippen molar-refractivity contribution in [2.45, 2.75) is 51.5 Å². The predicted octanol–water partition coefficient (Wildman–Crippen LogP) is 2.90. The molecule has 0 spiro atoms. The van der Waals surface area contributed by atoms with Gasteiger partial charge in [-0.05, 0) is 19.8 Å². The number of thiazole rings is 1. The fraction of sp³-hybridized carbons (Fsp3) is 0.667. The highest BCUT2D eigenvalue weighted by molar-refractivity contribution is 7.13. The SMILES string of the molecule is Cc1ncc(C(=O)NC2CCCCCC2)s1. The molecular formula is C12H18N2OS. The number of carbonyl (C=O) groups excluding carboxylic acids is 1. The average molecular weight is 238 g/mol. The van der Waals surface area contributed by atoms with Crippen LogP contribution >= 0.6 is 11.3 Å². The maximum absolute atomic E-state index is 11.9. The van der Waals surface area contributed by atoms with E-state index in [4.69, 9.17) is 0 Å². The van der Waals surface area contributed by atoms with Gasteiger partial charge in [0.15, 0.2) is 0 Å². The molecule has 2 rings (SSSR count). The van der Waals surface area contributed by atoms with Crippen molar-refractivity contribution in [2.75, 3.05) is 0 Å². The molecule has 1 N–H and O–H groups in total. The molecule has 0 aromatic carbocycles. The first-order valence-electron chi connectivity index (χ1n) is 5.99. The second-order valence-electron chi connectivity index (χ2n) is 4.41. The molecule has 0 saturated heterocycles. The van der Waals surface area contributed by atoms with Crippen LogP contribution in [-0.2, 0) is 0 Å². The Bertz CT molecular complexity index is 354. The van der Waals surface area contributed by atoms with Gasteiger partial charge in [0.25, 0.3) is 5.91 Å². The van der Waals surface area contributed by atoms with Gasteiger partial charge in [-0.3, -0.25) is 4.79 Å². The van der Waals surface area contributed by atoms with Gasteiger partial charge in [0.05, 0.1) is 11.2 Å². The van der Waals surface area contributed by atoms with Gasteiger partial charge >= 0.3 is 0 Å². The van der Waals surface area contributed by atoms with Gasteiger partial charge in [0.2, 0.25) is 0 Å². The lowest BCUT2D eigenvalue weighted by atomic mass is 10.1. The molecule has 0 aliphatic heterocycles. The number of aryl methyl sites for hydroxylation is 1. The smallest absolute Gasteiger partial charge is 0.263 e. The summed E-state index contributed by atoms with van der Waals surface area (Å²) in [4.78, 5) is 16.7. The van der Waals surface area contributed by atoms with Crippen molar-refractivity contribution < 1.29 is 4.79 Å². The molecule has 16 heavy (non-hydrogen) atoms. The lowest BCUT2D eigenvalue weighted by Crippen LogP contribution is -2.33. The first-order chi connectivity index (χ1) is 7.75. The second kappa shape index (κ2) is 5.43. The zero-order chi connectivity index (χ0) is 11.4. The maximum atomic E-state index is 11.9. The van der Waals surface area contributed by atoms with Crippen LogP contribution in [0.2, 0.25) is 0 Å². The Balaban J connectivity index is 1.90. The van der Waals surface area contributed by atoms with Crippen molar-refractivity contribution in [1.82, 2.24) is 10.3 Å². The predicted molar refractivity (Wildman–Crippen MR) is 65.8 cm³/mol. The maximum Gasteiger partial charge on any atom is 0.263 e. The summed E-state index contributed by atoms with van der Waals surface area (Å²) >= 11 is 1.47. The number of hydrogen-bond donors (Lipinski definition) is 1. The molecule has 1 saturated carbocycles. The van der Waals surface area contributed by atoms with Gasteiger partial charge in [0, 0.05) is 6.04 Å². The highest BCUT2D eigenvalue weighted by Gasteiger charge is 2.16. The molecule has 0 atom stereocenters. The molecule has 1 aromatic heterocycles. The summed E-state index contributed by atoms with van der Waals surface area (Å²) in [5, 5.41) is 4.07. The second-order valence-corrected chi connectivity index (χ2v) is 5.64. The molecule has 1 aromatic rings. The molecule has 88 valence electrons. The van der Waals surface area contributed by atoms with Crippen LogP contribution < -0.4 is 5.32 Å². The summed E-state index contributed by atoms with van der Waals surface area (Å²) in [6.45, 7) is 1.92. The number of nitrogens with zero attached hydrogens (tertiary/aromatic N) is 1. The van der Waals surface area contributed by atoms with Crippen molar-refractivity contribution in [3.63, 3.8) is 0 Å². The topological polar surface area (TPSA) is 42.0 Å². The van der Waals surface area contributed by atoms with Gasteiger partial charge in [-0.15, -0.1) is 11.3 Å². The molecule has 1 fully saturated rings. The summed E-state index contributed by atoms with van der Waals surface area (Å²) in [5.74, 6) is 0.0532. The van der Waals surface area contributed by atoms with E-state index >= 15 is 0 Å². The van der Waals surface area contributed by atoms with Crippen LogP contribution in [0.1, 0.15) is 53.2 Å². The fourth-order valence-corrected chi connectivity index (χ4v) is 2.83. The summed E-state index contributed by atoms with van der Waals surface area (Å²) in [6.07, 6.45) is 9.04. The van der Waals surface area contributed by atoms with Crippen LogP contribution in [0.25, 0.3) is 0 Å². The van der Waals surface area contributed by atoms with Crippen LogP contribution in [0.4, 0.5) is 0 Å². The molecule has 0 radical (unpaired) electrons. The number of amides is 1. The molecule has 1 amide bonds. The number of hydrogen-bond acceptors (Lipinski definition) is 3. The summed E-state index contributed by atoms with van der Waals surface area (Å²) < 4.78 is 0. The first-order valence-corrected chi connectivity index (χ1v) is 6.80. The Morgan fingerprint density at radius 1 is 1.38 bits per heavy atom. The monoisotopic (exact) mass is 238 g/mol. The molecule has 3 nitrogen and oxygen atoms in total. The third kappa shape index (κ3) is 3.04. The van der Waals surface area contributed by atoms with E-state index in [1.54, 1.807) is 6.20 Å². The lowest BCUT2D eigenvalue weighted by molar-refractivity contribution is 0.0937. The highest BCUT2D eigenvalue weighted by Crippen LogP contribution is 2.18. The van der Waals surface area contributed by atoms with Crippen molar-refractivity contribution in [2.24, 2.45) is 0 Å². The van der Waals surface area contributed by atoms with E-state index in [-0.39, 0.29) is 5.91 Å². The standard InChI is InChI=1S/C12H18N2OS/c1-9-13-8-11(16-9)12(15)14-10-6-4-2-3-5-7-10/h8,10H,2-7H2,1H3,(H,14,15). The number of carbonyl (C=O) groups is 1. The Labute approximate surface area is 100 Å². The van der Waals surface area contributed by atoms with E-state index in [9.17, 15) is 4.79 Å². The van der Waals surface area contributed by atoms with Gasteiger partial charge in [-0.1, -0.05) is 25.7 Å². The minimum absolute atomic E-state index is 0.0532. The van der Waals surface area contributed by atoms with E-state index < -0.39 is 0 Å². The largest absolute Gasteiger partial charge is 0.349 e. The van der Waals surface area contributed by atoms with Crippen molar-refractivity contribution >= 4 is 17.2 Å². The van der Waals surface area contributed by atoms with E-state index in [0.29, 0.717) is 6.04 Å². The van der Waals surface area contributed by atoms with Gasteiger partial charge in [-0.25, -0.2) is 4.98 Å². The molecule has 1 aliphatic carbocycles. The number of rotatable bonds is 2. The van der Waals surface area contributed by atoms with Gasteiger partial charge in [-0.2, -0.15) is 0 Å². The molecule has 4 heteroatoms. The highest BCUT2D eigenvalue weighted by atomic mass is 32.1. The quantitative estimate of drug-likeness (QED) is 0.805. The molecule has 1 heterocycles. The summed E-state index contributed by atoms with van der Waals surface area (Å²) in [7, 11) is 0. The third-order valence-corrected chi connectivity index (χ3v) is 3.95. The minimum Gasteiger partial charge on any atom is -0.349 e. The van der Waals surface area contributed by atoms with Gasteiger partial charge < -0.3 is 5.32 Å². The zero-order valence-corrected chi connectivity index (χ0v) is 10.5. The van der Waals surface area contributed by atoms with E-state index in [1.165, 1.54) is 37.0 Å². The van der Waals surface area contributed by atoms with Crippen LogP contribution in [0, 0.1) is 6.92 Å². The zero-order valence-electron chi connectivity index (χ0n) is 9.66. The van der Waals surface area contributed by atoms with Crippen LogP contribution in [0.5, 0.6) is 0 Å². The van der Waals surface area contributed by atoms with Gasteiger partial charge in [0.1, 0.15) is 4.88 Å². The Morgan fingerprint density at radius 2 is 2.06 bits per heavy atom. The van der Waals surface area contributed by atoms with Crippen molar-refractivity contribution in [1.29, 1.82) is 0 Å². The molecular weight excluding hydrogens is 220 g/mol. The third-order valence-electron chi connectivity index (χ3n) is 3.04.